The molecule has 5 heteroatoms. The van der Waals surface area contributed by atoms with Crippen LogP contribution in [0, 0.1) is 12.8 Å². The minimum absolute atomic E-state index is 0.0894. The van der Waals surface area contributed by atoms with E-state index in [2.05, 4.69) is 10.3 Å². The van der Waals surface area contributed by atoms with Crippen molar-refractivity contribution in [3.8, 4) is 0 Å². The number of hydrogen-bond donors (Lipinski definition) is 1. The van der Waals surface area contributed by atoms with E-state index in [1.165, 1.54) is 36.5 Å². The van der Waals surface area contributed by atoms with Gasteiger partial charge in [-0.2, -0.15) is 0 Å². The van der Waals surface area contributed by atoms with Crippen LogP contribution in [0.3, 0.4) is 0 Å². The third-order valence-electron chi connectivity index (χ3n) is 4.68. The summed E-state index contributed by atoms with van der Waals surface area (Å²) in [7, 11) is 0. The molecule has 1 aliphatic carbocycles. The van der Waals surface area contributed by atoms with Crippen molar-refractivity contribution in [2.75, 3.05) is 5.32 Å². The first kappa shape index (κ1) is 15.7. The second kappa shape index (κ2) is 6.94. The molecule has 0 spiro atoms. The summed E-state index contributed by atoms with van der Waals surface area (Å²) in [5, 5.41) is 2.78. The Hall–Kier alpha value is -2.17. The second-order valence-corrected chi connectivity index (χ2v) is 6.40. The van der Waals surface area contributed by atoms with Crippen LogP contribution in [0.2, 0.25) is 0 Å². The molecular formula is C18H23N3O2. The van der Waals surface area contributed by atoms with Gasteiger partial charge in [-0.05, 0) is 31.4 Å². The van der Waals surface area contributed by atoms with E-state index in [1.54, 1.807) is 25.3 Å². The molecule has 0 aliphatic heterocycles. The van der Waals surface area contributed by atoms with Gasteiger partial charge in [0.25, 0.3) is 5.56 Å². The zero-order valence-electron chi connectivity index (χ0n) is 13.5. The zero-order chi connectivity index (χ0) is 16.2. The lowest BCUT2D eigenvalue weighted by atomic mass is 9.86. The number of nitrogens with zero attached hydrogens (tertiary/aromatic N) is 2. The molecule has 0 radical (unpaired) electrons. The zero-order valence-corrected chi connectivity index (χ0v) is 13.5. The smallest absolute Gasteiger partial charge is 0.281 e. The van der Waals surface area contributed by atoms with Crippen LogP contribution in [0.4, 0.5) is 5.69 Å². The molecule has 0 atom stereocenters. The van der Waals surface area contributed by atoms with E-state index < -0.39 is 0 Å². The molecular weight excluding hydrogens is 290 g/mol. The SMILES string of the molecule is Cc1nc2ccccn2c(=O)c1NC(=O)CCC1CCCCC1. The van der Waals surface area contributed by atoms with Crippen molar-refractivity contribution in [1.82, 2.24) is 9.38 Å². The van der Waals surface area contributed by atoms with Crippen LogP contribution < -0.4 is 10.9 Å². The number of aryl methyl sites for hydroxylation is 1. The monoisotopic (exact) mass is 313 g/mol. The fourth-order valence-corrected chi connectivity index (χ4v) is 3.36. The molecule has 1 fully saturated rings. The van der Waals surface area contributed by atoms with Crippen molar-refractivity contribution in [3.05, 3.63) is 40.4 Å². The number of aromatic nitrogens is 2. The highest BCUT2D eigenvalue weighted by Crippen LogP contribution is 2.27. The molecule has 1 amide bonds. The Morgan fingerprint density at radius 3 is 2.87 bits per heavy atom. The number of anilines is 1. The summed E-state index contributed by atoms with van der Waals surface area (Å²) in [6, 6.07) is 5.40. The predicted octanol–water partition coefficient (Wildman–Crippen LogP) is 3.30. The highest BCUT2D eigenvalue weighted by molar-refractivity contribution is 5.91. The van der Waals surface area contributed by atoms with Gasteiger partial charge in [0.15, 0.2) is 0 Å². The van der Waals surface area contributed by atoms with Gasteiger partial charge in [0.1, 0.15) is 11.3 Å². The molecule has 0 aromatic carbocycles. The number of rotatable bonds is 4. The van der Waals surface area contributed by atoms with Crippen molar-refractivity contribution in [2.24, 2.45) is 5.92 Å². The predicted molar refractivity (Wildman–Crippen MR) is 90.6 cm³/mol. The van der Waals surface area contributed by atoms with Crippen LogP contribution >= 0.6 is 0 Å². The lowest BCUT2D eigenvalue weighted by Crippen LogP contribution is -2.25. The maximum Gasteiger partial charge on any atom is 0.281 e. The van der Waals surface area contributed by atoms with E-state index in [1.807, 2.05) is 6.07 Å². The summed E-state index contributed by atoms with van der Waals surface area (Å²) in [6.45, 7) is 1.76. The fourth-order valence-electron chi connectivity index (χ4n) is 3.36. The van der Waals surface area contributed by atoms with Crippen molar-refractivity contribution in [3.63, 3.8) is 0 Å². The van der Waals surface area contributed by atoms with E-state index in [0.717, 1.165) is 6.42 Å². The molecule has 5 nitrogen and oxygen atoms in total. The van der Waals surface area contributed by atoms with Crippen LogP contribution in [0.15, 0.2) is 29.2 Å². The molecule has 23 heavy (non-hydrogen) atoms. The molecule has 1 aliphatic rings. The van der Waals surface area contributed by atoms with Gasteiger partial charge in [0, 0.05) is 12.6 Å². The van der Waals surface area contributed by atoms with Crippen molar-refractivity contribution in [1.29, 1.82) is 0 Å². The van der Waals surface area contributed by atoms with Crippen LogP contribution in [-0.2, 0) is 4.79 Å². The second-order valence-electron chi connectivity index (χ2n) is 6.40. The molecule has 0 saturated heterocycles. The van der Waals surface area contributed by atoms with Crippen LogP contribution in [0.5, 0.6) is 0 Å². The van der Waals surface area contributed by atoms with Crippen molar-refractivity contribution < 1.29 is 4.79 Å². The van der Waals surface area contributed by atoms with E-state index in [9.17, 15) is 9.59 Å². The molecule has 2 aromatic rings. The average molecular weight is 313 g/mol. The highest BCUT2D eigenvalue weighted by Gasteiger charge is 2.16. The highest BCUT2D eigenvalue weighted by atomic mass is 16.2. The quantitative estimate of drug-likeness (QED) is 0.942. The van der Waals surface area contributed by atoms with Gasteiger partial charge in [-0.3, -0.25) is 14.0 Å². The topological polar surface area (TPSA) is 63.5 Å². The number of fused-ring (bicyclic) bond motifs is 1. The van der Waals surface area contributed by atoms with Crippen LogP contribution in [0.25, 0.3) is 5.65 Å². The molecule has 2 heterocycles. The fraction of sp³-hybridized carbons (Fsp3) is 0.500. The maximum atomic E-state index is 12.5. The van der Waals surface area contributed by atoms with E-state index in [4.69, 9.17) is 0 Å². The Morgan fingerprint density at radius 2 is 2.09 bits per heavy atom. The van der Waals surface area contributed by atoms with Crippen LogP contribution in [-0.4, -0.2) is 15.3 Å². The number of amides is 1. The Labute approximate surface area is 135 Å². The van der Waals surface area contributed by atoms with Gasteiger partial charge in [0.2, 0.25) is 5.91 Å². The lowest BCUT2D eigenvalue weighted by molar-refractivity contribution is -0.116. The van der Waals surface area contributed by atoms with E-state index in [0.29, 0.717) is 29.4 Å². The van der Waals surface area contributed by atoms with Crippen molar-refractivity contribution >= 4 is 17.2 Å². The number of pyridine rings is 1. The summed E-state index contributed by atoms with van der Waals surface area (Å²) < 4.78 is 1.46. The molecule has 1 saturated carbocycles. The Bertz CT molecular complexity index is 760. The van der Waals surface area contributed by atoms with Gasteiger partial charge in [-0.15, -0.1) is 0 Å². The normalized spacial score (nSPS) is 15.7. The van der Waals surface area contributed by atoms with Gasteiger partial charge in [-0.25, -0.2) is 4.98 Å². The summed E-state index contributed by atoms with van der Waals surface area (Å²) in [5.74, 6) is 0.569. The number of carbonyl (C=O) groups excluding carboxylic acids is 1. The Kier molecular flexibility index (Phi) is 4.74. The first-order valence-corrected chi connectivity index (χ1v) is 8.43. The Balaban J connectivity index is 1.70. The number of hydrogen-bond acceptors (Lipinski definition) is 3. The first-order chi connectivity index (χ1) is 11.1. The van der Waals surface area contributed by atoms with E-state index in [-0.39, 0.29) is 11.5 Å². The summed E-state index contributed by atoms with van der Waals surface area (Å²) in [4.78, 5) is 29.1. The first-order valence-electron chi connectivity index (χ1n) is 8.43. The van der Waals surface area contributed by atoms with Crippen molar-refractivity contribution in [2.45, 2.75) is 51.9 Å². The Morgan fingerprint density at radius 1 is 1.30 bits per heavy atom. The van der Waals surface area contributed by atoms with Gasteiger partial charge in [0.05, 0.1) is 5.69 Å². The minimum atomic E-state index is -0.223. The number of carbonyl (C=O) groups is 1. The molecule has 122 valence electrons. The minimum Gasteiger partial charge on any atom is -0.320 e. The largest absolute Gasteiger partial charge is 0.320 e. The van der Waals surface area contributed by atoms with Gasteiger partial charge < -0.3 is 5.32 Å². The molecule has 1 N–H and O–H groups in total. The average Bonchev–Trinajstić information content (AvgIpc) is 2.58. The molecule has 0 unspecified atom stereocenters. The summed E-state index contributed by atoms with van der Waals surface area (Å²) in [5.41, 5.74) is 1.23. The lowest BCUT2D eigenvalue weighted by Gasteiger charge is -2.21. The third-order valence-corrected chi connectivity index (χ3v) is 4.68. The third kappa shape index (κ3) is 3.60. The van der Waals surface area contributed by atoms with E-state index >= 15 is 0 Å². The number of nitrogens with one attached hydrogen (secondary N) is 1. The molecule has 2 aromatic heterocycles. The van der Waals surface area contributed by atoms with Gasteiger partial charge >= 0.3 is 0 Å². The maximum absolute atomic E-state index is 12.5. The summed E-state index contributed by atoms with van der Waals surface area (Å²) in [6.07, 6.45) is 9.39. The standard InChI is InChI=1S/C18H23N3O2/c1-13-17(18(23)21-12-6-5-9-15(21)19-13)20-16(22)11-10-14-7-3-2-4-8-14/h5-6,9,12,14H,2-4,7-8,10-11H2,1H3,(H,20,22). The van der Waals surface area contributed by atoms with Crippen LogP contribution in [0.1, 0.15) is 50.6 Å². The summed E-state index contributed by atoms with van der Waals surface area (Å²) >= 11 is 0. The van der Waals surface area contributed by atoms with Gasteiger partial charge in [-0.1, -0.05) is 38.2 Å². The molecule has 3 rings (SSSR count). The molecule has 0 bridgehead atoms.